The van der Waals surface area contributed by atoms with Crippen molar-refractivity contribution < 1.29 is 13.5 Å². The fourth-order valence-electron chi connectivity index (χ4n) is 1.92. The molecule has 0 aliphatic heterocycles. The number of rotatable bonds is 5. The maximum atomic E-state index is 12.3. The molecule has 0 spiro atoms. The number of fused-ring (bicyclic) bond motifs is 1. The molecule has 0 amide bonds. The number of aliphatic hydroxyl groups excluding tert-OH is 1. The van der Waals surface area contributed by atoms with Crippen LogP contribution in [0.25, 0.3) is 10.9 Å². The van der Waals surface area contributed by atoms with Gasteiger partial charge in [-0.05, 0) is 31.5 Å². The fraction of sp³-hybridized carbons (Fsp3) is 0.333. The monoisotopic (exact) mass is 283 g/mol. The lowest BCUT2D eigenvalue weighted by atomic mass is 10.2. The number of nitrogens with two attached hydrogens (primary N) is 1. The van der Waals surface area contributed by atoms with Gasteiger partial charge in [0.15, 0.2) is 0 Å². The minimum atomic E-state index is -3.63. The lowest BCUT2D eigenvalue weighted by Gasteiger charge is -2.12. The standard InChI is InChI=1S/C12H17N3O3S/c1-8(4-5-16)15-19(17,18)12-7-14-11-3-2-9(13)6-10(11)12/h2-3,6-8,14-16H,4-5,13H2,1H3. The second-order valence-electron chi connectivity index (χ2n) is 4.49. The van der Waals surface area contributed by atoms with E-state index in [1.807, 2.05) is 0 Å². The summed E-state index contributed by atoms with van der Waals surface area (Å²) in [5.41, 5.74) is 6.90. The number of nitrogen functional groups attached to an aromatic ring is 1. The zero-order chi connectivity index (χ0) is 14.0. The summed E-state index contributed by atoms with van der Waals surface area (Å²) in [6, 6.07) is 4.73. The highest BCUT2D eigenvalue weighted by Gasteiger charge is 2.21. The molecule has 0 aliphatic rings. The molecule has 1 aromatic carbocycles. The van der Waals surface area contributed by atoms with Crippen LogP contribution in [-0.4, -0.2) is 31.2 Å². The van der Waals surface area contributed by atoms with Crippen molar-refractivity contribution >= 4 is 26.6 Å². The van der Waals surface area contributed by atoms with E-state index in [4.69, 9.17) is 10.8 Å². The van der Waals surface area contributed by atoms with Gasteiger partial charge in [-0.2, -0.15) is 0 Å². The number of benzene rings is 1. The lowest BCUT2D eigenvalue weighted by Crippen LogP contribution is -2.33. The van der Waals surface area contributed by atoms with Crippen LogP contribution in [0.15, 0.2) is 29.3 Å². The van der Waals surface area contributed by atoms with Gasteiger partial charge in [0.1, 0.15) is 4.90 Å². The second kappa shape index (κ2) is 5.20. The molecule has 1 heterocycles. The Kier molecular flexibility index (Phi) is 3.79. The highest BCUT2D eigenvalue weighted by Crippen LogP contribution is 2.24. The molecule has 1 aromatic heterocycles. The molecule has 5 N–H and O–H groups in total. The van der Waals surface area contributed by atoms with Gasteiger partial charge in [-0.3, -0.25) is 0 Å². The smallest absolute Gasteiger partial charge is 0.242 e. The van der Waals surface area contributed by atoms with Crippen LogP contribution in [0.1, 0.15) is 13.3 Å². The Morgan fingerprint density at radius 1 is 1.47 bits per heavy atom. The van der Waals surface area contributed by atoms with Crippen molar-refractivity contribution in [1.82, 2.24) is 9.71 Å². The molecule has 2 aromatic rings. The van der Waals surface area contributed by atoms with Crippen LogP contribution >= 0.6 is 0 Å². The summed E-state index contributed by atoms with van der Waals surface area (Å²) in [7, 11) is -3.63. The van der Waals surface area contributed by atoms with E-state index >= 15 is 0 Å². The van der Waals surface area contributed by atoms with Crippen LogP contribution in [0.4, 0.5) is 5.69 Å². The van der Waals surface area contributed by atoms with E-state index in [0.717, 1.165) is 0 Å². The van der Waals surface area contributed by atoms with Crippen molar-refractivity contribution in [3.8, 4) is 0 Å². The predicted molar refractivity (Wildman–Crippen MR) is 74.2 cm³/mol. The molecular weight excluding hydrogens is 266 g/mol. The first-order valence-corrected chi connectivity index (χ1v) is 7.42. The molecule has 0 saturated carbocycles. The van der Waals surface area contributed by atoms with Gasteiger partial charge in [0.25, 0.3) is 0 Å². The Hall–Kier alpha value is -1.57. The highest BCUT2D eigenvalue weighted by atomic mass is 32.2. The molecule has 6 nitrogen and oxygen atoms in total. The minimum absolute atomic E-state index is 0.0650. The van der Waals surface area contributed by atoms with E-state index in [-0.39, 0.29) is 17.5 Å². The van der Waals surface area contributed by atoms with Gasteiger partial charge in [0.2, 0.25) is 10.0 Å². The average Bonchev–Trinajstić information content (AvgIpc) is 2.71. The van der Waals surface area contributed by atoms with Crippen LogP contribution in [0.2, 0.25) is 0 Å². The summed E-state index contributed by atoms with van der Waals surface area (Å²) in [6.45, 7) is 1.64. The van der Waals surface area contributed by atoms with E-state index in [2.05, 4.69) is 9.71 Å². The number of sulfonamides is 1. The van der Waals surface area contributed by atoms with Crippen molar-refractivity contribution in [3.63, 3.8) is 0 Å². The number of nitrogens with one attached hydrogen (secondary N) is 2. The minimum Gasteiger partial charge on any atom is -0.399 e. The lowest BCUT2D eigenvalue weighted by molar-refractivity contribution is 0.275. The molecule has 2 rings (SSSR count). The molecule has 0 saturated heterocycles. The molecule has 0 radical (unpaired) electrons. The van der Waals surface area contributed by atoms with Crippen molar-refractivity contribution in [2.45, 2.75) is 24.3 Å². The molecule has 7 heteroatoms. The number of hydrogen-bond acceptors (Lipinski definition) is 4. The Balaban J connectivity index is 2.40. The summed E-state index contributed by atoms with van der Waals surface area (Å²) >= 11 is 0. The Morgan fingerprint density at radius 2 is 2.21 bits per heavy atom. The number of aliphatic hydroxyl groups is 1. The van der Waals surface area contributed by atoms with Crippen LogP contribution < -0.4 is 10.5 Å². The van der Waals surface area contributed by atoms with Crippen LogP contribution in [-0.2, 0) is 10.0 Å². The van der Waals surface area contributed by atoms with Gasteiger partial charge >= 0.3 is 0 Å². The van der Waals surface area contributed by atoms with Gasteiger partial charge < -0.3 is 15.8 Å². The van der Waals surface area contributed by atoms with Gasteiger partial charge in [-0.15, -0.1) is 0 Å². The molecule has 0 fully saturated rings. The van der Waals surface area contributed by atoms with Crippen molar-refractivity contribution in [2.24, 2.45) is 0 Å². The van der Waals surface area contributed by atoms with E-state index < -0.39 is 10.0 Å². The number of aromatic amines is 1. The average molecular weight is 283 g/mol. The predicted octanol–water partition coefficient (Wildman–Crippen LogP) is 0.799. The van der Waals surface area contributed by atoms with Crippen LogP contribution in [0, 0.1) is 0 Å². The van der Waals surface area contributed by atoms with Crippen LogP contribution in [0.5, 0.6) is 0 Å². The van der Waals surface area contributed by atoms with Crippen LogP contribution in [0.3, 0.4) is 0 Å². The van der Waals surface area contributed by atoms with Gasteiger partial charge in [-0.1, -0.05) is 0 Å². The summed E-state index contributed by atoms with van der Waals surface area (Å²) in [5, 5.41) is 9.37. The first kappa shape index (κ1) is 13.9. The summed E-state index contributed by atoms with van der Waals surface area (Å²) in [4.78, 5) is 3.07. The van der Waals surface area contributed by atoms with Crippen molar-refractivity contribution in [2.75, 3.05) is 12.3 Å². The zero-order valence-electron chi connectivity index (χ0n) is 10.6. The summed E-state index contributed by atoms with van der Waals surface area (Å²) < 4.78 is 27.0. The van der Waals surface area contributed by atoms with E-state index in [9.17, 15) is 8.42 Å². The summed E-state index contributed by atoms with van der Waals surface area (Å²) in [6.07, 6.45) is 1.81. The third-order valence-electron chi connectivity index (χ3n) is 2.88. The molecule has 19 heavy (non-hydrogen) atoms. The Bertz CT molecular complexity index is 679. The fourth-order valence-corrected chi connectivity index (χ4v) is 3.36. The van der Waals surface area contributed by atoms with E-state index in [1.54, 1.807) is 25.1 Å². The number of H-pyrrole nitrogens is 1. The largest absolute Gasteiger partial charge is 0.399 e. The van der Waals surface area contributed by atoms with E-state index in [0.29, 0.717) is 23.0 Å². The number of hydrogen-bond donors (Lipinski definition) is 4. The molecule has 1 unspecified atom stereocenters. The molecule has 0 bridgehead atoms. The highest BCUT2D eigenvalue weighted by molar-refractivity contribution is 7.89. The topological polar surface area (TPSA) is 108 Å². The molecule has 1 atom stereocenters. The first-order chi connectivity index (χ1) is 8.94. The third kappa shape index (κ3) is 2.89. The number of aromatic nitrogens is 1. The number of anilines is 1. The van der Waals surface area contributed by atoms with E-state index in [1.165, 1.54) is 6.20 Å². The summed E-state index contributed by atoms with van der Waals surface area (Å²) in [5.74, 6) is 0. The van der Waals surface area contributed by atoms with Crippen molar-refractivity contribution in [3.05, 3.63) is 24.4 Å². The maximum Gasteiger partial charge on any atom is 0.242 e. The molecular formula is C12H17N3O3S. The first-order valence-electron chi connectivity index (χ1n) is 5.94. The Labute approximate surface area is 111 Å². The SMILES string of the molecule is CC(CCO)NS(=O)(=O)c1c[nH]c2ccc(N)cc12. The van der Waals surface area contributed by atoms with Gasteiger partial charge in [-0.25, -0.2) is 13.1 Å². The quantitative estimate of drug-likeness (QED) is 0.609. The van der Waals surface area contributed by atoms with Crippen molar-refractivity contribution in [1.29, 1.82) is 0 Å². The Morgan fingerprint density at radius 3 is 2.89 bits per heavy atom. The normalized spacial score (nSPS) is 13.8. The molecule has 0 aliphatic carbocycles. The van der Waals surface area contributed by atoms with Gasteiger partial charge in [0, 0.05) is 35.4 Å². The molecule has 104 valence electrons. The zero-order valence-corrected chi connectivity index (χ0v) is 11.4. The van der Waals surface area contributed by atoms with Gasteiger partial charge in [0.05, 0.1) is 0 Å². The second-order valence-corrected chi connectivity index (χ2v) is 6.17. The maximum absolute atomic E-state index is 12.3. The third-order valence-corrected chi connectivity index (χ3v) is 4.51.